The van der Waals surface area contributed by atoms with Gasteiger partial charge in [-0.25, -0.2) is 0 Å². The van der Waals surface area contributed by atoms with Gasteiger partial charge in [0.1, 0.15) is 0 Å². The van der Waals surface area contributed by atoms with Crippen molar-refractivity contribution in [3.63, 3.8) is 0 Å². The third kappa shape index (κ3) is 4.05. The summed E-state index contributed by atoms with van der Waals surface area (Å²) in [5.41, 5.74) is 15.1. The molecule has 5 heteroatoms. The van der Waals surface area contributed by atoms with Gasteiger partial charge in [0, 0.05) is 28.4 Å². The highest BCUT2D eigenvalue weighted by Crippen LogP contribution is 2.32. The molecule has 0 radical (unpaired) electrons. The SMILES string of the molecule is C=C(N)C1=CCC(c2ccc(-c3ccccc3SNC3=C(C)C(C)=NC3)cc2)=N1. The number of hydrogen-bond donors (Lipinski definition) is 2. The van der Waals surface area contributed by atoms with Crippen molar-refractivity contribution < 1.29 is 0 Å². The smallest absolute Gasteiger partial charge is 0.0820 e. The number of nitrogens with one attached hydrogen (secondary N) is 1. The number of allylic oxidation sites excluding steroid dienone is 2. The van der Waals surface area contributed by atoms with Crippen LogP contribution in [0.15, 0.2) is 98.7 Å². The van der Waals surface area contributed by atoms with Gasteiger partial charge in [0.05, 0.1) is 18.0 Å². The van der Waals surface area contributed by atoms with Gasteiger partial charge in [0.25, 0.3) is 0 Å². The zero-order valence-corrected chi connectivity index (χ0v) is 17.5. The van der Waals surface area contributed by atoms with E-state index < -0.39 is 0 Å². The largest absolute Gasteiger partial charge is 0.397 e. The Kier molecular flexibility index (Phi) is 5.41. The van der Waals surface area contributed by atoms with Crippen LogP contribution in [0.5, 0.6) is 0 Å². The van der Waals surface area contributed by atoms with Gasteiger partial charge in [-0.2, -0.15) is 0 Å². The van der Waals surface area contributed by atoms with Crippen molar-refractivity contribution in [2.45, 2.75) is 25.2 Å². The predicted octanol–water partition coefficient (Wildman–Crippen LogP) is 5.25. The van der Waals surface area contributed by atoms with Crippen molar-refractivity contribution in [1.29, 1.82) is 0 Å². The first-order chi connectivity index (χ1) is 14.0. The Hall–Kier alpha value is -3.05. The highest BCUT2D eigenvalue weighted by molar-refractivity contribution is 7.97. The maximum absolute atomic E-state index is 5.76. The molecule has 0 bridgehead atoms. The maximum Gasteiger partial charge on any atom is 0.0820 e. The average Bonchev–Trinajstić information content (AvgIpc) is 3.35. The maximum atomic E-state index is 5.76. The fourth-order valence-electron chi connectivity index (χ4n) is 3.33. The molecule has 2 aromatic carbocycles. The summed E-state index contributed by atoms with van der Waals surface area (Å²) < 4.78 is 3.50. The Labute approximate surface area is 176 Å². The third-order valence-corrected chi connectivity index (χ3v) is 6.17. The van der Waals surface area contributed by atoms with E-state index in [4.69, 9.17) is 5.73 Å². The molecule has 0 saturated heterocycles. The first kappa shape index (κ1) is 19.3. The lowest BCUT2D eigenvalue weighted by atomic mass is 10.0. The van der Waals surface area contributed by atoms with Gasteiger partial charge in [-0.3, -0.25) is 9.98 Å². The molecule has 0 amide bonds. The van der Waals surface area contributed by atoms with E-state index in [-0.39, 0.29) is 0 Å². The zero-order chi connectivity index (χ0) is 20.4. The summed E-state index contributed by atoms with van der Waals surface area (Å²) in [6, 6.07) is 17.0. The fraction of sp³-hybridized carbons (Fsp3) is 0.167. The quantitative estimate of drug-likeness (QED) is 0.651. The van der Waals surface area contributed by atoms with Crippen LogP contribution >= 0.6 is 11.9 Å². The van der Waals surface area contributed by atoms with E-state index in [0.717, 1.165) is 35.6 Å². The second kappa shape index (κ2) is 8.13. The first-order valence-corrected chi connectivity index (χ1v) is 10.4. The summed E-state index contributed by atoms with van der Waals surface area (Å²) in [4.78, 5) is 10.3. The summed E-state index contributed by atoms with van der Waals surface area (Å²) >= 11 is 1.64. The Morgan fingerprint density at radius 2 is 1.79 bits per heavy atom. The summed E-state index contributed by atoms with van der Waals surface area (Å²) in [6.07, 6.45) is 2.81. The molecule has 0 atom stereocenters. The number of rotatable bonds is 6. The van der Waals surface area contributed by atoms with Gasteiger partial charge in [-0.15, -0.1) is 0 Å². The molecule has 4 rings (SSSR count). The number of aliphatic imine (C=N–C) groups is 2. The van der Waals surface area contributed by atoms with Gasteiger partial charge >= 0.3 is 0 Å². The molecule has 3 N–H and O–H groups in total. The molecule has 4 nitrogen and oxygen atoms in total. The minimum absolute atomic E-state index is 0.517. The molecule has 29 heavy (non-hydrogen) atoms. The van der Waals surface area contributed by atoms with E-state index in [1.54, 1.807) is 11.9 Å². The highest BCUT2D eigenvalue weighted by Gasteiger charge is 2.14. The minimum atomic E-state index is 0.517. The van der Waals surface area contributed by atoms with Crippen LogP contribution in [0.1, 0.15) is 25.8 Å². The topological polar surface area (TPSA) is 62.8 Å². The van der Waals surface area contributed by atoms with E-state index in [1.807, 2.05) is 6.08 Å². The van der Waals surface area contributed by atoms with Gasteiger partial charge in [0.15, 0.2) is 0 Å². The molecule has 2 aliphatic rings. The van der Waals surface area contributed by atoms with E-state index in [1.165, 1.54) is 27.3 Å². The van der Waals surface area contributed by atoms with E-state index >= 15 is 0 Å². The molecule has 146 valence electrons. The lowest BCUT2D eigenvalue weighted by Crippen LogP contribution is -2.07. The average molecular weight is 401 g/mol. The van der Waals surface area contributed by atoms with Crippen LogP contribution in [0.3, 0.4) is 0 Å². The Balaban J connectivity index is 1.52. The van der Waals surface area contributed by atoms with Crippen LogP contribution in [0.2, 0.25) is 0 Å². The number of benzene rings is 2. The van der Waals surface area contributed by atoms with Gasteiger partial charge in [0.2, 0.25) is 0 Å². The fourth-order valence-corrected chi connectivity index (χ4v) is 4.22. The summed E-state index contributed by atoms with van der Waals surface area (Å²) in [5.74, 6) is 0. The number of nitrogens with two attached hydrogens (primary N) is 1. The summed E-state index contributed by atoms with van der Waals surface area (Å²) in [6.45, 7) is 8.67. The van der Waals surface area contributed by atoms with Crippen molar-refractivity contribution in [3.05, 3.63) is 89.4 Å². The van der Waals surface area contributed by atoms with Gasteiger partial charge in [-0.1, -0.05) is 55.1 Å². The number of nitrogens with zero attached hydrogens (tertiary/aromatic N) is 2. The predicted molar refractivity (Wildman–Crippen MR) is 124 cm³/mol. The Morgan fingerprint density at radius 3 is 2.45 bits per heavy atom. The van der Waals surface area contributed by atoms with Crippen molar-refractivity contribution in [1.82, 2.24) is 4.72 Å². The second-order valence-electron chi connectivity index (χ2n) is 7.16. The number of hydrogen-bond acceptors (Lipinski definition) is 5. The lowest BCUT2D eigenvalue weighted by molar-refractivity contribution is 1.07. The van der Waals surface area contributed by atoms with E-state index in [2.05, 4.69) is 83.7 Å². The monoisotopic (exact) mass is 400 g/mol. The zero-order valence-electron chi connectivity index (χ0n) is 16.7. The van der Waals surface area contributed by atoms with E-state index in [0.29, 0.717) is 5.70 Å². The molecule has 0 aliphatic carbocycles. The Bertz CT molecular complexity index is 1090. The molecule has 2 aliphatic heterocycles. The van der Waals surface area contributed by atoms with Crippen LogP contribution in [0.4, 0.5) is 0 Å². The minimum Gasteiger partial charge on any atom is -0.397 e. The van der Waals surface area contributed by atoms with Crippen LogP contribution in [0.25, 0.3) is 11.1 Å². The summed E-state index contributed by atoms with van der Waals surface area (Å²) in [5, 5.41) is 0. The van der Waals surface area contributed by atoms with Crippen molar-refractivity contribution in [2.24, 2.45) is 15.7 Å². The standard InChI is InChI=1S/C24H24N4S/c1-15-17(3)26-14-23(15)28-29-24-7-5-4-6-20(24)18-8-10-19(11-9-18)22-13-12-21(27-22)16(2)25/h4-12,28H,2,13-14,25H2,1,3H3. The van der Waals surface area contributed by atoms with Crippen LogP contribution < -0.4 is 10.5 Å². The molecule has 0 fully saturated rings. The molecule has 2 heterocycles. The third-order valence-electron chi connectivity index (χ3n) is 5.24. The lowest BCUT2D eigenvalue weighted by Gasteiger charge is -2.12. The van der Waals surface area contributed by atoms with Crippen LogP contribution in [-0.2, 0) is 0 Å². The molecule has 0 aromatic heterocycles. The van der Waals surface area contributed by atoms with Crippen molar-refractivity contribution in [3.8, 4) is 11.1 Å². The van der Waals surface area contributed by atoms with Gasteiger partial charge < -0.3 is 10.5 Å². The van der Waals surface area contributed by atoms with Crippen LogP contribution in [0, 0.1) is 0 Å². The molecule has 0 saturated carbocycles. The molecular weight excluding hydrogens is 376 g/mol. The molecular formula is C24H24N4S. The first-order valence-electron chi connectivity index (χ1n) is 9.59. The van der Waals surface area contributed by atoms with Crippen LogP contribution in [-0.4, -0.2) is 18.0 Å². The molecule has 2 aromatic rings. The molecule has 0 unspecified atom stereocenters. The Morgan fingerprint density at radius 1 is 1.07 bits per heavy atom. The van der Waals surface area contributed by atoms with Crippen molar-refractivity contribution in [2.75, 3.05) is 6.54 Å². The van der Waals surface area contributed by atoms with Gasteiger partial charge in [-0.05, 0) is 54.1 Å². The van der Waals surface area contributed by atoms with E-state index in [9.17, 15) is 0 Å². The molecule has 0 spiro atoms. The second-order valence-corrected chi connectivity index (χ2v) is 8.01. The normalized spacial score (nSPS) is 15.9. The van der Waals surface area contributed by atoms with Crippen molar-refractivity contribution >= 4 is 23.4 Å². The summed E-state index contributed by atoms with van der Waals surface area (Å²) in [7, 11) is 0. The highest BCUT2D eigenvalue weighted by atomic mass is 32.2.